The highest BCUT2D eigenvalue weighted by molar-refractivity contribution is 5.49. The van der Waals surface area contributed by atoms with Crippen LogP contribution in [-0.2, 0) is 4.79 Å². The van der Waals surface area contributed by atoms with Gasteiger partial charge in [0, 0.05) is 0 Å². The zero-order valence-electron chi connectivity index (χ0n) is 5.45. The molecule has 0 spiro atoms. The maximum absolute atomic E-state index is 9.84. The van der Waals surface area contributed by atoms with Gasteiger partial charge in [0.05, 0.1) is 6.54 Å². The SMILES string of the molecule is O=CN[CH]c1ccccc1. The summed E-state index contributed by atoms with van der Waals surface area (Å²) in [5, 5.41) is 2.46. The Hall–Kier alpha value is -1.31. The van der Waals surface area contributed by atoms with Crippen LogP contribution in [0.5, 0.6) is 0 Å². The number of carbonyl (C=O) groups is 1. The second kappa shape index (κ2) is 3.67. The van der Waals surface area contributed by atoms with Gasteiger partial charge in [0.25, 0.3) is 0 Å². The molecule has 1 rings (SSSR count). The molecule has 0 unspecified atom stereocenters. The molecule has 0 atom stereocenters. The minimum atomic E-state index is 0.646. The highest BCUT2D eigenvalue weighted by Gasteiger charge is 1.86. The average Bonchev–Trinajstić information content (AvgIpc) is 2.03. The van der Waals surface area contributed by atoms with E-state index in [0.29, 0.717) is 6.41 Å². The molecule has 0 saturated carbocycles. The van der Waals surface area contributed by atoms with Crippen LogP contribution >= 0.6 is 0 Å². The van der Waals surface area contributed by atoms with Gasteiger partial charge < -0.3 is 5.32 Å². The first kappa shape index (κ1) is 6.81. The fourth-order valence-corrected chi connectivity index (χ4v) is 0.680. The molecule has 0 saturated heterocycles. The largest absolute Gasteiger partial charge is 0.349 e. The predicted molar refractivity (Wildman–Crippen MR) is 39.0 cm³/mol. The van der Waals surface area contributed by atoms with Gasteiger partial charge in [0.2, 0.25) is 6.41 Å². The Kier molecular flexibility index (Phi) is 2.49. The molecule has 1 N–H and O–H groups in total. The van der Waals surface area contributed by atoms with Gasteiger partial charge in [0.1, 0.15) is 0 Å². The Morgan fingerprint density at radius 3 is 2.50 bits per heavy atom. The summed E-state index contributed by atoms with van der Waals surface area (Å²) in [6, 6.07) is 9.59. The molecule has 2 heteroatoms. The van der Waals surface area contributed by atoms with Gasteiger partial charge in [-0.05, 0) is 5.56 Å². The zero-order valence-corrected chi connectivity index (χ0v) is 5.45. The van der Waals surface area contributed by atoms with Crippen LogP contribution in [0.1, 0.15) is 5.56 Å². The molecule has 0 fully saturated rings. The van der Waals surface area contributed by atoms with E-state index in [2.05, 4.69) is 5.32 Å². The quantitative estimate of drug-likeness (QED) is 0.612. The van der Waals surface area contributed by atoms with Crippen molar-refractivity contribution < 1.29 is 4.79 Å². The molecule has 10 heavy (non-hydrogen) atoms. The summed E-state index contributed by atoms with van der Waals surface area (Å²) >= 11 is 0. The summed E-state index contributed by atoms with van der Waals surface area (Å²) in [5.41, 5.74) is 0.995. The Morgan fingerprint density at radius 2 is 1.90 bits per heavy atom. The summed E-state index contributed by atoms with van der Waals surface area (Å²) in [6.45, 7) is 1.65. The fraction of sp³-hybridized carbons (Fsp3) is 0. The number of amides is 1. The Bertz CT molecular complexity index is 196. The average molecular weight is 134 g/mol. The van der Waals surface area contributed by atoms with Gasteiger partial charge in [-0.1, -0.05) is 30.3 Å². The molecule has 0 aliphatic carbocycles. The van der Waals surface area contributed by atoms with E-state index in [0.717, 1.165) is 5.56 Å². The molecular weight excluding hydrogens is 126 g/mol. The molecule has 1 aromatic carbocycles. The number of hydrogen-bond donors (Lipinski definition) is 1. The minimum Gasteiger partial charge on any atom is -0.349 e. The van der Waals surface area contributed by atoms with Crippen LogP contribution in [0.2, 0.25) is 0 Å². The first-order valence-electron chi connectivity index (χ1n) is 3.01. The van der Waals surface area contributed by atoms with E-state index in [9.17, 15) is 4.79 Å². The molecule has 0 heterocycles. The Labute approximate surface area is 59.9 Å². The van der Waals surface area contributed by atoms with E-state index in [1.54, 1.807) is 6.54 Å². The van der Waals surface area contributed by atoms with Gasteiger partial charge in [-0.2, -0.15) is 0 Å². The number of benzene rings is 1. The molecule has 0 aliphatic heterocycles. The van der Waals surface area contributed by atoms with E-state index >= 15 is 0 Å². The van der Waals surface area contributed by atoms with E-state index in [1.165, 1.54) is 0 Å². The topological polar surface area (TPSA) is 29.1 Å². The normalized spacial score (nSPS) is 8.80. The van der Waals surface area contributed by atoms with Gasteiger partial charge >= 0.3 is 0 Å². The molecule has 0 aromatic heterocycles. The molecule has 0 aliphatic rings. The van der Waals surface area contributed by atoms with Crippen LogP contribution in [0.25, 0.3) is 0 Å². The van der Waals surface area contributed by atoms with Crippen molar-refractivity contribution in [3.05, 3.63) is 42.4 Å². The standard InChI is InChI=1S/C8H8NO/c10-7-9-6-8-4-2-1-3-5-8/h1-7H,(H,9,10). The summed E-state index contributed by atoms with van der Waals surface area (Å²) in [6.07, 6.45) is 0.646. The smallest absolute Gasteiger partial charge is 0.207 e. The molecule has 1 aromatic rings. The van der Waals surface area contributed by atoms with Crippen LogP contribution in [0, 0.1) is 6.54 Å². The molecule has 0 bridgehead atoms. The summed E-state index contributed by atoms with van der Waals surface area (Å²) in [4.78, 5) is 9.84. The second-order valence-electron chi connectivity index (χ2n) is 1.84. The monoisotopic (exact) mass is 134 g/mol. The highest BCUT2D eigenvalue weighted by atomic mass is 16.1. The van der Waals surface area contributed by atoms with Gasteiger partial charge in [-0.25, -0.2) is 0 Å². The Morgan fingerprint density at radius 1 is 1.20 bits per heavy atom. The molecule has 1 amide bonds. The number of rotatable bonds is 3. The highest BCUT2D eigenvalue weighted by Crippen LogP contribution is 1.97. The Balaban J connectivity index is 2.50. The van der Waals surface area contributed by atoms with Crippen molar-refractivity contribution in [3.63, 3.8) is 0 Å². The zero-order chi connectivity index (χ0) is 7.23. The summed E-state index contributed by atoms with van der Waals surface area (Å²) in [7, 11) is 0. The van der Waals surface area contributed by atoms with Crippen molar-refractivity contribution in [2.75, 3.05) is 0 Å². The van der Waals surface area contributed by atoms with Crippen LogP contribution < -0.4 is 5.32 Å². The number of carbonyl (C=O) groups excluding carboxylic acids is 1. The van der Waals surface area contributed by atoms with E-state index < -0.39 is 0 Å². The van der Waals surface area contributed by atoms with Crippen molar-refractivity contribution in [2.45, 2.75) is 0 Å². The number of hydrogen-bond acceptors (Lipinski definition) is 1. The lowest BCUT2D eigenvalue weighted by atomic mass is 10.2. The van der Waals surface area contributed by atoms with Crippen LogP contribution in [-0.4, -0.2) is 6.41 Å². The molecule has 2 nitrogen and oxygen atoms in total. The van der Waals surface area contributed by atoms with Crippen molar-refractivity contribution in [3.8, 4) is 0 Å². The maximum Gasteiger partial charge on any atom is 0.207 e. The third kappa shape index (κ3) is 1.90. The fourth-order valence-electron chi connectivity index (χ4n) is 0.680. The lowest BCUT2D eigenvalue weighted by Crippen LogP contribution is -2.06. The summed E-state index contributed by atoms with van der Waals surface area (Å²) < 4.78 is 0. The lowest BCUT2D eigenvalue weighted by molar-refractivity contribution is -0.108. The lowest BCUT2D eigenvalue weighted by Gasteiger charge is -1.95. The van der Waals surface area contributed by atoms with Gasteiger partial charge in [-0.3, -0.25) is 4.79 Å². The first-order chi connectivity index (χ1) is 4.93. The molecular formula is C8H8NO. The first-order valence-corrected chi connectivity index (χ1v) is 3.01. The van der Waals surface area contributed by atoms with E-state index in [4.69, 9.17) is 0 Å². The predicted octanol–water partition coefficient (Wildman–Crippen LogP) is 0.942. The van der Waals surface area contributed by atoms with E-state index in [1.807, 2.05) is 30.3 Å². The third-order valence-corrected chi connectivity index (χ3v) is 1.12. The molecule has 51 valence electrons. The number of nitrogens with one attached hydrogen (secondary N) is 1. The van der Waals surface area contributed by atoms with Crippen LogP contribution in [0.15, 0.2) is 30.3 Å². The summed E-state index contributed by atoms with van der Waals surface area (Å²) in [5.74, 6) is 0. The van der Waals surface area contributed by atoms with Gasteiger partial charge in [-0.15, -0.1) is 0 Å². The van der Waals surface area contributed by atoms with Crippen molar-refractivity contribution in [2.24, 2.45) is 0 Å². The van der Waals surface area contributed by atoms with Crippen molar-refractivity contribution in [1.82, 2.24) is 5.32 Å². The van der Waals surface area contributed by atoms with Crippen molar-refractivity contribution >= 4 is 6.41 Å². The van der Waals surface area contributed by atoms with Crippen molar-refractivity contribution in [1.29, 1.82) is 0 Å². The maximum atomic E-state index is 9.84. The van der Waals surface area contributed by atoms with E-state index in [-0.39, 0.29) is 0 Å². The van der Waals surface area contributed by atoms with Crippen LogP contribution in [0.4, 0.5) is 0 Å². The van der Waals surface area contributed by atoms with Gasteiger partial charge in [0.15, 0.2) is 0 Å². The van der Waals surface area contributed by atoms with Crippen LogP contribution in [0.3, 0.4) is 0 Å². The molecule has 1 radical (unpaired) electrons. The third-order valence-electron chi connectivity index (χ3n) is 1.12. The second-order valence-corrected chi connectivity index (χ2v) is 1.84. The minimum absolute atomic E-state index is 0.646.